The average Bonchev–Trinajstić information content (AvgIpc) is 3.19. The topological polar surface area (TPSA) is 52.6 Å². The molecule has 2 fully saturated rings. The molecule has 122 valence electrons. The quantitative estimate of drug-likeness (QED) is 0.876. The van der Waals surface area contributed by atoms with E-state index >= 15 is 0 Å². The van der Waals surface area contributed by atoms with Gasteiger partial charge in [0.2, 0.25) is 5.91 Å². The Morgan fingerprint density at radius 1 is 1.41 bits per heavy atom. The van der Waals surface area contributed by atoms with Gasteiger partial charge in [0.05, 0.1) is 6.10 Å². The Morgan fingerprint density at radius 3 is 2.95 bits per heavy atom. The van der Waals surface area contributed by atoms with Gasteiger partial charge in [-0.15, -0.1) is 11.3 Å². The highest BCUT2D eigenvalue weighted by molar-refractivity contribution is 7.10. The highest BCUT2D eigenvalue weighted by Gasteiger charge is 2.32. The highest BCUT2D eigenvalue weighted by atomic mass is 32.1. The van der Waals surface area contributed by atoms with Gasteiger partial charge in [0.15, 0.2) is 0 Å². The number of hydrogen-bond acceptors (Lipinski definition) is 4. The molecule has 0 radical (unpaired) electrons. The molecule has 3 heterocycles. The minimum atomic E-state index is -0.433. The van der Waals surface area contributed by atoms with Gasteiger partial charge in [-0.3, -0.25) is 4.79 Å². The predicted octanol–water partition coefficient (Wildman–Crippen LogP) is 2.55. The molecule has 0 saturated carbocycles. The molecule has 2 aliphatic rings. The molecule has 2 saturated heterocycles. The lowest BCUT2D eigenvalue weighted by Crippen LogP contribution is -2.38. The van der Waals surface area contributed by atoms with E-state index in [4.69, 9.17) is 0 Å². The summed E-state index contributed by atoms with van der Waals surface area (Å²) < 4.78 is 0. The third-order valence-electron chi connectivity index (χ3n) is 4.99. The van der Waals surface area contributed by atoms with Crippen molar-refractivity contribution in [1.29, 1.82) is 0 Å². The van der Waals surface area contributed by atoms with Crippen LogP contribution in [-0.2, 0) is 4.79 Å². The van der Waals surface area contributed by atoms with Crippen LogP contribution in [0.3, 0.4) is 0 Å². The lowest BCUT2D eigenvalue weighted by atomic mass is 9.94. The fourth-order valence-electron chi connectivity index (χ4n) is 3.71. The van der Waals surface area contributed by atoms with Crippen LogP contribution in [0.5, 0.6) is 0 Å². The summed E-state index contributed by atoms with van der Waals surface area (Å²) in [6.07, 6.45) is 5.26. The predicted molar refractivity (Wildman–Crippen MR) is 88.8 cm³/mol. The van der Waals surface area contributed by atoms with Crippen LogP contribution in [0, 0.1) is 5.92 Å². The van der Waals surface area contributed by atoms with Crippen LogP contribution in [0.4, 0.5) is 0 Å². The van der Waals surface area contributed by atoms with Gasteiger partial charge in [-0.2, -0.15) is 0 Å². The molecule has 1 aromatic rings. The molecule has 1 aromatic heterocycles. The molecule has 2 atom stereocenters. The summed E-state index contributed by atoms with van der Waals surface area (Å²) in [7, 11) is 0. The van der Waals surface area contributed by atoms with E-state index in [0.29, 0.717) is 24.7 Å². The minimum Gasteiger partial charge on any atom is -0.387 e. The Labute approximate surface area is 136 Å². The zero-order valence-corrected chi connectivity index (χ0v) is 13.9. The standard InChI is InChI=1S/C17H26N2O2S/c20-15(16-4-2-10-22-16)12-14-3-1-9-19(14)17(21)11-13-5-7-18-8-6-13/h2,4,10,13-15,18,20H,1,3,5-9,11-12H2. The monoisotopic (exact) mass is 322 g/mol. The number of thiophene rings is 1. The maximum atomic E-state index is 12.6. The number of hydrogen-bond donors (Lipinski definition) is 2. The van der Waals surface area contributed by atoms with Crippen molar-refractivity contribution in [2.45, 2.75) is 50.7 Å². The van der Waals surface area contributed by atoms with Gasteiger partial charge in [0.25, 0.3) is 0 Å². The Kier molecular flexibility index (Phi) is 5.50. The number of rotatable bonds is 5. The van der Waals surface area contributed by atoms with E-state index in [0.717, 1.165) is 50.2 Å². The van der Waals surface area contributed by atoms with Crippen molar-refractivity contribution in [3.8, 4) is 0 Å². The second kappa shape index (κ2) is 7.57. The van der Waals surface area contributed by atoms with Crippen LogP contribution in [0.1, 0.15) is 49.5 Å². The van der Waals surface area contributed by atoms with Crippen molar-refractivity contribution in [2.75, 3.05) is 19.6 Å². The van der Waals surface area contributed by atoms with Gasteiger partial charge in [0.1, 0.15) is 0 Å². The number of carbonyl (C=O) groups excluding carboxylic acids is 1. The summed E-state index contributed by atoms with van der Waals surface area (Å²) >= 11 is 1.59. The van der Waals surface area contributed by atoms with Crippen molar-refractivity contribution < 1.29 is 9.90 Å². The third kappa shape index (κ3) is 3.89. The molecule has 0 spiro atoms. The number of carbonyl (C=O) groups is 1. The highest BCUT2D eigenvalue weighted by Crippen LogP contribution is 2.30. The van der Waals surface area contributed by atoms with E-state index in [1.54, 1.807) is 11.3 Å². The van der Waals surface area contributed by atoms with E-state index in [2.05, 4.69) is 5.32 Å². The average molecular weight is 322 g/mol. The van der Waals surface area contributed by atoms with Gasteiger partial charge in [0, 0.05) is 23.9 Å². The van der Waals surface area contributed by atoms with Gasteiger partial charge in [-0.05, 0) is 62.6 Å². The lowest BCUT2D eigenvalue weighted by molar-refractivity contribution is -0.133. The fourth-order valence-corrected chi connectivity index (χ4v) is 4.44. The molecule has 0 aromatic carbocycles. The van der Waals surface area contributed by atoms with Crippen LogP contribution in [0.2, 0.25) is 0 Å². The van der Waals surface area contributed by atoms with Crippen LogP contribution in [0.25, 0.3) is 0 Å². The first-order chi connectivity index (χ1) is 10.7. The van der Waals surface area contributed by atoms with E-state index in [9.17, 15) is 9.90 Å². The van der Waals surface area contributed by atoms with Crippen LogP contribution in [0.15, 0.2) is 17.5 Å². The molecule has 2 N–H and O–H groups in total. The van der Waals surface area contributed by atoms with E-state index in [-0.39, 0.29) is 6.04 Å². The van der Waals surface area contributed by atoms with Gasteiger partial charge in [-0.25, -0.2) is 0 Å². The molecular weight excluding hydrogens is 296 g/mol. The van der Waals surface area contributed by atoms with E-state index in [1.807, 2.05) is 22.4 Å². The largest absolute Gasteiger partial charge is 0.387 e. The van der Waals surface area contributed by atoms with Gasteiger partial charge in [-0.1, -0.05) is 6.07 Å². The SMILES string of the molecule is O=C(CC1CCNCC1)N1CCCC1CC(O)c1cccs1. The van der Waals surface area contributed by atoms with Crippen LogP contribution in [-0.4, -0.2) is 41.6 Å². The van der Waals surface area contributed by atoms with Gasteiger partial charge < -0.3 is 15.3 Å². The van der Waals surface area contributed by atoms with Crippen molar-refractivity contribution in [1.82, 2.24) is 10.2 Å². The maximum absolute atomic E-state index is 12.6. The summed E-state index contributed by atoms with van der Waals surface area (Å²) in [5.41, 5.74) is 0. The first kappa shape index (κ1) is 16.0. The molecule has 0 aliphatic carbocycles. The molecular formula is C17H26N2O2S. The number of nitrogens with one attached hydrogen (secondary N) is 1. The number of nitrogens with zero attached hydrogens (tertiary/aromatic N) is 1. The molecule has 1 amide bonds. The summed E-state index contributed by atoms with van der Waals surface area (Å²) in [6.45, 7) is 2.95. The first-order valence-corrected chi connectivity index (χ1v) is 9.33. The number of likely N-dealkylation sites (tertiary alicyclic amines) is 1. The van der Waals surface area contributed by atoms with Crippen molar-refractivity contribution >= 4 is 17.2 Å². The molecule has 22 heavy (non-hydrogen) atoms. The smallest absolute Gasteiger partial charge is 0.223 e. The summed E-state index contributed by atoms with van der Waals surface area (Å²) in [4.78, 5) is 15.7. The molecule has 2 aliphatic heterocycles. The van der Waals surface area contributed by atoms with Gasteiger partial charge >= 0.3 is 0 Å². The molecule has 4 nitrogen and oxygen atoms in total. The molecule has 2 unspecified atom stereocenters. The lowest BCUT2D eigenvalue weighted by Gasteiger charge is -2.29. The minimum absolute atomic E-state index is 0.214. The Hall–Kier alpha value is -0.910. The van der Waals surface area contributed by atoms with Crippen LogP contribution < -0.4 is 5.32 Å². The van der Waals surface area contributed by atoms with E-state index in [1.165, 1.54) is 0 Å². The van der Waals surface area contributed by atoms with Crippen molar-refractivity contribution in [2.24, 2.45) is 5.92 Å². The molecule has 5 heteroatoms. The Morgan fingerprint density at radius 2 is 2.23 bits per heavy atom. The zero-order chi connectivity index (χ0) is 15.4. The van der Waals surface area contributed by atoms with E-state index < -0.39 is 6.10 Å². The Bertz CT molecular complexity index is 471. The molecule has 0 bridgehead atoms. The van der Waals surface area contributed by atoms with Crippen molar-refractivity contribution in [3.05, 3.63) is 22.4 Å². The molecule has 3 rings (SSSR count). The number of aliphatic hydroxyl groups is 1. The summed E-state index contributed by atoms with van der Waals surface area (Å²) in [6, 6.07) is 4.16. The van der Waals surface area contributed by atoms with Crippen LogP contribution >= 0.6 is 11.3 Å². The third-order valence-corrected chi connectivity index (χ3v) is 5.96. The Balaban J connectivity index is 1.54. The van der Waals surface area contributed by atoms with Crippen molar-refractivity contribution in [3.63, 3.8) is 0 Å². The normalized spacial score (nSPS) is 24.6. The number of aliphatic hydroxyl groups excluding tert-OH is 1. The maximum Gasteiger partial charge on any atom is 0.223 e. The summed E-state index contributed by atoms with van der Waals surface area (Å²) in [5.74, 6) is 0.838. The number of amides is 1. The zero-order valence-electron chi connectivity index (χ0n) is 13.0. The number of piperidine rings is 1. The first-order valence-electron chi connectivity index (χ1n) is 8.45. The second-order valence-electron chi connectivity index (χ2n) is 6.55. The fraction of sp³-hybridized carbons (Fsp3) is 0.706. The summed E-state index contributed by atoms with van der Waals surface area (Å²) in [5, 5.41) is 15.7. The second-order valence-corrected chi connectivity index (χ2v) is 7.53.